The van der Waals surface area contributed by atoms with Crippen molar-refractivity contribution in [2.24, 2.45) is 0 Å². The zero-order valence-corrected chi connectivity index (χ0v) is 10.9. The predicted octanol–water partition coefficient (Wildman–Crippen LogP) is 2.67. The summed E-state index contributed by atoms with van der Waals surface area (Å²) in [7, 11) is 0. The number of carbonyl (C=O) groups is 1. The number of alkyl halides is 2. The van der Waals surface area contributed by atoms with Gasteiger partial charge in [-0.1, -0.05) is 0 Å². The first kappa shape index (κ1) is 13.8. The van der Waals surface area contributed by atoms with Crippen molar-refractivity contribution in [1.82, 2.24) is 4.98 Å². The molecule has 1 aromatic heterocycles. The molecule has 0 spiro atoms. The number of esters is 1. The van der Waals surface area contributed by atoms with Crippen molar-refractivity contribution in [3.05, 3.63) is 26.6 Å². The third-order valence-corrected chi connectivity index (χ3v) is 2.73. The first-order chi connectivity index (χ1) is 8.02. The molecule has 7 heteroatoms. The Morgan fingerprint density at radius 3 is 2.82 bits per heavy atom. The van der Waals surface area contributed by atoms with E-state index in [1.165, 1.54) is 0 Å². The molecule has 0 fully saturated rings. The van der Waals surface area contributed by atoms with E-state index in [0.29, 0.717) is 0 Å². The molecule has 0 aromatic carbocycles. The van der Waals surface area contributed by atoms with Gasteiger partial charge in [0.2, 0.25) is 0 Å². The van der Waals surface area contributed by atoms with Crippen LogP contribution in [0.1, 0.15) is 35.0 Å². The Bertz CT molecular complexity index is 486. The van der Waals surface area contributed by atoms with Gasteiger partial charge in [0.25, 0.3) is 6.43 Å². The second-order valence-corrected chi connectivity index (χ2v) is 4.04. The van der Waals surface area contributed by atoms with Gasteiger partial charge in [0.1, 0.15) is 6.07 Å². The Balaban J connectivity index is 3.39. The van der Waals surface area contributed by atoms with Crippen molar-refractivity contribution >= 4 is 28.6 Å². The SMILES string of the molecule is CCOC(=O)c1ncc(I)c(C(F)F)c1C#N. The van der Waals surface area contributed by atoms with Crippen molar-refractivity contribution in [3.8, 4) is 6.07 Å². The van der Waals surface area contributed by atoms with E-state index in [-0.39, 0.29) is 15.9 Å². The molecule has 4 nitrogen and oxygen atoms in total. The van der Waals surface area contributed by atoms with Gasteiger partial charge in [-0.2, -0.15) is 5.26 Å². The van der Waals surface area contributed by atoms with E-state index in [2.05, 4.69) is 9.72 Å². The molecule has 0 aliphatic carbocycles. The number of halogens is 3. The Morgan fingerprint density at radius 1 is 1.71 bits per heavy atom. The third-order valence-electron chi connectivity index (χ3n) is 1.87. The van der Waals surface area contributed by atoms with E-state index in [4.69, 9.17) is 5.26 Å². The summed E-state index contributed by atoms with van der Waals surface area (Å²) in [5.74, 6) is -0.873. The second kappa shape index (κ2) is 5.86. The number of nitriles is 1. The van der Waals surface area contributed by atoms with Crippen LogP contribution in [0.15, 0.2) is 6.20 Å². The summed E-state index contributed by atoms with van der Waals surface area (Å²) in [4.78, 5) is 15.1. The van der Waals surface area contributed by atoms with Gasteiger partial charge in [0.15, 0.2) is 5.69 Å². The van der Waals surface area contributed by atoms with Crippen LogP contribution in [-0.2, 0) is 4.74 Å². The van der Waals surface area contributed by atoms with Gasteiger partial charge >= 0.3 is 5.97 Å². The molecular weight excluding hydrogens is 345 g/mol. The Hall–Kier alpha value is -1.30. The van der Waals surface area contributed by atoms with Crippen molar-refractivity contribution in [2.75, 3.05) is 6.61 Å². The van der Waals surface area contributed by atoms with E-state index < -0.39 is 23.5 Å². The number of aromatic nitrogens is 1. The molecule has 1 rings (SSSR count). The number of nitrogens with zero attached hydrogens (tertiary/aromatic N) is 2. The lowest BCUT2D eigenvalue weighted by Gasteiger charge is -2.09. The molecule has 0 unspecified atom stereocenters. The highest BCUT2D eigenvalue weighted by atomic mass is 127. The predicted molar refractivity (Wildman–Crippen MR) is 62.6 cm³/mol. The highest BCUT2D eigenvalue weighted by molar-refractivity contribution is 14.1. The summed E-state index contributed by atoms with van der Waals surface area (Å²) in [6, 6.07) is 1.58. The zero-order valence-electron chi connectivity index (χ0n) is 8.71. The molecule has 0 N–H and O–H groups in total. The summed E-state index contributed by atoms with van der Waals surface area (Å²) in [5, 5.41) is 8.86. The number of pyridine rings is 1. The first-order valence-electron chi connectivity index (χ1n) is 4.56. The van der Waals surface area contributed by atoms with Crippen molar-refractivity contribution in [3.63, 3.8) is 0 Å². The molecule has 0 amide bonds. The highest BCUT2D eigenvalue weighted by Crippen LogP contribution is 2.28. The summed E-state index contributed by atoms with van der Waals surface area (Å²) < 4.78 is 30.3. The fourth-order valence-corrected chi connectivity index (χ4v) is 1.83. The molecule has 0 atom stereocenters. The fourth-order valence-electron chi connectivity index (χ4n) is 1.18. The molecule has 0 saturated heterocycles. The zero-order chi connectivity index (χ0) is 13.0. The number of carbonyl (C=O) groups excluding carboxylic acids is 1. The van der Waals surface area contributed by atoms with Crippen molar-refractivity contribution in [2.45, 2.75) is 13.3 Å². The van der Waals surface area contributed by atoms with Crippen LogP contribution >= 0.6 is 22.6 Å². The second-order valence-electron chi connectivity index (χ2n) is 2.88. The average molecular weight is 352 g/mol. The largest absolute Gasteiger partial charge is 0.461 e. The van der Waals surface area contributed by atoms with E-state index >= 15 is 0 Å². The van der Waals surface area contributed by atoms with Gasteiger partial charge in [-0.25, -0.2) is 18.6 Å². The van der Waals surface area contributed by atoms with E-state index in [1.54, 1.807) is 35.6 Å². The highest BCUT2D eigenvalue weighted by Gasteiger charge is 2.24. The molecule has 17 heavy (non-hydrogen) atoms. The third kappa shape index (κ3) is 2.88. The van der Waals surface area contributed by atoms with E-state index in [9.17, 15) is 13.6 Å². The molecule has 90 valence electrons. The molecule has 0 aliphatic rings. The standard InChI is InChI=1S/C10H7F2IN2O2/c1-2-17-10(16)8-5(3-14)7(9(11)12)6(13)4-15-8/h4,9H,2H2,1H3. The maximum absolute atomic E-state index is 12.8. The van der Waals surface area contributed by atoms with Crippen LogP contribution in [0.3, 0.4) is 0 Å². The van der Waals surface area contributed by atoms with Crippen LogP contribution in [0.2, 0.25) is 0 Å². The molecule has 1 aromatic rings. The Labute approximate surface area is 110 Å². The lowest BCUT2D eigenvalue weighted by molar-refractivity contribution is 0.0518. The minimum absolute atomic E-state index is 0.0847. The van der Waals surface area contributed by atoms with E-state index in [1.807, 2.05) is 0 Å². The average Bonchev–Trinajstić information content (AvgIpc) is 2.27. The molecule has 0 radical (unpaired) electrons. The topological polar surface area (TPSA) is 63.0 Å². The quantitative estimate of drug-likeness (QED) is 0.620. The summed E-state index contributed by atoms with van der Waals surface area (Å²) in [6.07, 6.45) is -1.72. The summed E-state index contributed by atoms with van der Waals surface area (Å²) >= 11 is 1.64. The number of ether oxygens (including phenoxy) is 1. The molecule has 0 aliphatic heterocycles. The van der Waals surface area contributed by atoms with Crippen LogP contribution in [0, 0.1) is 14.9 Å². The maximum atomic E-state index is 12.8. The van der Waals surface area contributed by atoms with Crippen molar-refractivity contribution in [1.29, 1.82) is 5.26 Å². The summed E-state index contributed by atoms with van der Waals surface area (Å²) in [6.45, 7) is 1.66. The van der Waals surface area contributed by atoms with Gasteiger partial charge in [0, 0.05) is 9.77 Å². The Morgan fingerprint density at radius 2 is 2.35 bits per heavy atom. The molecule has 1 heterocycles. The lowest BCUT2D eigenvalue weighted by atomic mass is 10.1. The normalized spacial score (nSPS) is 10.1. The van der Waals surface area contributed by atoms with Crippen LogP contribution in [0.4, 0.5) is 8.78 Å². The number of hydrogen-bond acceptors (Lipinski definition) is 4. The molecule has 0 bridgehead atoms. The van der Waals surface area contributed by atoms with E-state index in [0.717, 1.165) is 6.20 Å². The molecular formula is C10H7F2IN2O2. The number of hydrogen-bond donors (Lipinski definition) is 0. The Kier molecular flexibility index (Phi) is 4.74. The maximum Gasteiger partial charge on any atom is 0.358 e. The van der Waals surface area contributed by atoms with Crippen LogP contribution < -0.4 is 0 Å². The van der Waals surface area contributed by atoms with Crippen LogP contribution in [0.25, 0.3) is 0 Å². The van der Waals surface area contributed by atoms with Gasteiger partial charge in [-0.15, -0.1) is 0 Å². The first-order valence-corrected chi connectivity index (χ1v) is 5.64. The minimum atomic E-state index is -2.84. The summed E-state index contributed by atoms with van der Waals surface area (Å²) in [5.41, 5.74) is -1.28. The van der Waals surface area contributed by atoms with Gasteiger partial charge < -0.3 is 4.74 Å². The van der Waals surface area contributed by atoms with Crippen molar-refractivity contribution < 1.29 is 18.3 Å². The van der Waals surface area contributed by atoms with Gasteiger partial charge in [0.05, 0.1) is 17.7 Å². The fraction of sp³-hybridized carbons (Fsp3) is 0.300. The minimum Gasteiger partial charge on any atom is -0.461 e. The van der Waals surface area contributed by atoms with Gasteiger partial charge in [-0.05, 0) is 29.5 Å². The molecule has 0 saturated carbocycles. The lowest BCUT2D eigenvalue weighted by Crippen LogP contribution is -2.12. The van der Waals surface area contributed by atoms with Crippen LogP contribution in [-0.4, -0.2) is 17.6 Å². The monoisotopic (exact) mass is 352 g/mol. The van der Waals surface area contributed by atoms with Crippen LogP contribution in [0.5, 0.6) is 0 Å². The number of rotatable bonds is 3. The smallest absolute Gasteiger partial charge is 0.358 e. The van der Waals surface area contributed by atoms with Gasteiger partial charge in [-0.3, -0.25) is 0 Å².